The molecule has 0 N–H and O–H groups in total. The van der Waals surface area contributed by atoms with E-state index in [2.05, 4.69) is 0 Å². The molecule has 2 atom stereocenters. The first-order valence-corrected chi connectivity index (χ1v) is 4.50. The van der Waals surface area contributed by atoms with Crippen molar-refractivity contribution in [3.05, 3.63) is 0 Å². The zero-order valence-electron chi connectivity index (χ0n) is 7.81. The van der Waals surface area contributed by atoms with Gasteiger partial charge >= 0.3 is 0 Å². The van der Waals surface area contributed by atoms with E-state index in [0.717, 1.165) is 12.8 Å². The lowest BCUT2D eigenvalue weighted by atomic mass is 9.70. The molecule has 0 aromatic carbocycles. The minimum atomic E-state index is -0.352. The molecular formula is C10H14O2. The van der Waals surface area contributed by atoms with Gasteiger partial charge in [-0.05, 0) is 18.3 Å². The van der Waals surface area contributed by atoms with Gasteiger partial charge in [0.1, 0.15) is 0 Å². The van der Waals surface area contributed by atoms with Crippen molar-refractivity contribution in [2.24, 2.45) is 16.7 Å². The molecule has 0 radical (unpaired) electrons. The highest BCUT2D eigenvalue weighted by Gasteiger charge is 2.66. The van der Waals surface area contributed by atoms with Crippen LogP contribution in [0.1, 0.15) is 33.6 Å². The van der Waals surface area contributed by atoms with E-state index < -0.39 is 0 Å². The van der Waals surface area contributed by atoms with Crippen LogP contribution < -0.4 is 0 Å². The summed E-state index contributed by atoms with van der Waals surface area (Å²) in [5.41, 5.74) is -0.448. The number of hydrogen-bond acceptors (Lipinski definition) is 2. The van der Waals surface area contributed by atoms with E-state index in [0.29, 0.717) is 0 Å². The van der Waals surface area contributed by atoms with Crippen molar-refractivity contribution in [2.45, 2.75) is 33.6 Å². The largest absolute Gasteiger partial charge is 0.291 e. The highest BCUT2D eigenvalue weighted by molar-refractivity contribution is 6.43. The fraction of sp³-hybridized carbons (Fsp3) is 0.800. The third-order valence-corrected chi connectivity index (χ3v) is 4.27. The van der Waals surface area contributed by atoms with Gasteiger partial charge in [0.05, 0.1) is 0 Å². The first kappa shape index (κ1) is 7.96. The molecule has 2 fully saturated rings. The van der Waals surface area contributed by atoms with Crippen molar-refractivity contribution < 1.29 is 9.59 Å². The Labute approximate surface area is 72.3 Å². The second-order valence-electron chi connectivity index (χ2n) is 4.84. The van der Waals surface area contributed by atoms with Crippen LogP contribution in [0.4, 0.5) is 0 Å². The summed E-state index contributed by atoms with van der Waals surface area (Å²) in [6.07, 6.45) is 1.81. The predicted octanol–water partition coefficient (Wildman–Crippen LogP) is 1.58. The van der Waals surface area contributed by atoms with E-state index in [1.807, 2.05) is 20.8 Å². The molecule has 0 heterocycles. The maximum Gasteiger partial charge on any atom is 0.205 e. The van der Waals surface area contributed by atoms with Crippen LogP contribution in [-0.4, -0.2) is 11.6 Å². The monoisotopic (exact) mass is 166 g/mol. The Morgan fingerprint density at radius 2 is 1.83 bits per heavy atom. The number of rotatable bonds is 0. The van der Waals surface area contributed by atoms with E-state index in [1.54, 1.807) is 0 Å². The molecule has 2 rings (SSSR count). The first-order valence-electron chi connectivity index (χ1n) is 4.50. The number of carbonyl (C=O) groups excluding carboxylic acids is 2. The Kier molecular flexibility index (Phi) is 1.20. The van der Waals surface area contributed by atoms with Crippen molar-refractivity contribution in [1.82, 2.24) is 0 Å². The second-order valence-corrected chi connectivity index (χ2v) is 4.84. The zero-order valence-corrected chi connectivity index (χ0v) is 7.81. The molecule has 0 spiro atoms. The number of ketones is 2. The SMILES string of the molecule is CC12CC[C@H](C(=O)C1=O)C2(C)C. The van der Waals surface area contributed by atoms with Gasteiger partial charge in [-0.25, -0.2) is 0 Å². The summed E-state index contributed by atoms with van der Waals surface area (Å²) in [5, 5.41) is 0. The summed E-state index contributed by atoms with van der Waals surface area (Å²) in [6, 6.07) is 0. The molecule has 2 bridgehead atoms. The molecule has 0 aromatic heterocycles. The Morgan fingerprint density at radius 1 is 1.25 bits per heavy atom. The fourth-order valence-corrected chi connectivity index (χ4v) is 2.80. The highest BCUT2D eigenvalue weighted by Crippen LogP contribution is 2.61. The Bertz CT molecular complexity index is 278. The summed E-state index contributed by atoms with van der Waals surface area (Å²) in [7, 11) is 0. The fourth-order valence-electron chi connectivity index (χ4n) is 2.80. The highest BCUT2D eigenvalue weighted by atomic mass is 16.2. The Balaban J connectivity index is 2.58. The van der Waals surface area contributed by atoms with Gasteiger partial charge in [0.15, 0.2) is 0 Å². The molecule has 1 unspecified atom stereocenters. The molecule has 2 aliphatic carbocycles. The van der Waals surface area contributed by atoms with E-state index in [-0.39, 0.29) is 28.3 Å². The third kappa shape index (κ3) is 0.551. The zero-order chi connectivity index (χ0) is 9.15. The maximum atomic E-state index is 11.6. The minimum absolute atomic E-state index is 0.00926. The first-order chi connectivity index (χ1) is 5.41. The molecule has 2 aliphatic rings. The molecular weight excluding hydrogens is 152 g/mol. The standard InChI is InChI=1S/C10H14O2/c1-9(2)6-4-5-10(9,3)8(12)7(6)11/h6H,4-5H2,1-3H3/t6-,10?/m1/s1. The van der Waals surface area contributed by atoms with Gasteiger partial charge < -0.3 is 0 Å². The van der Waals surface area contributed by atoms with E-state index in [4.69, 9.17) is 0 Å². The van der Waals surface area contributed by atoms with Crippen LogP contribution in [0.15, 0.2) is 0 Å². The van der Waals surface area contributed by atoms with Crippen LogP contribution >= 0.6 is 0 Å². The second kappa shape index (κ2) is 1.81. The molecule has 0 amide bonds. The molecule has 2 saturated carbocycles. The predicted molar refractivity (Wildman–Crippen MR) is 44.6 cm³/mol. The molecule has 0 saturated heterocycles. The van der Waals surface area contributed by atoms with Crippen LogP contribution in [-0.2, 0) is 9.59 Å². The van der Waals surface area contributed by atoms with Crippen LogP contribution in [0.3, 0.4) is 0 Å². The molecule has 2 nitrogen and oxygen atoms in total. The van der Waals surface area contributed by atoms with Crippen molar-refractivity contribution >= 4 is 11.6 Å². The van der Waals surface area contributed by atoms with Gasteiger partial charge in [0.2, 0.25) is 11.6 Å². The van der Waals surface area contributed by atoms with Crippen LogP contribution in [0, 0.1) is 16.7 Å². The summed E-state index contributed by atoms with van der Waals surface area (Å²) in [6.45, 7) is 6.04. The minimum Gasteiger partial charge on any atom is -0.291 e. The van der Waals surface area contributed by atoms with E-state index in [1.165, 1.54) is 0 Å². The molecule has 2 heteroatoms. The van der Waals surface area contributed by atoms with E-state index >= 15 is 0 Å². The quantitative estimate of drug-likeness (QED) is 0.512. The summed E-state index contributed by atoms with van der Waals surface area (Å²) < 4.78 is 0. The van der Waals surface area contributed by atoms with Gasteiger partial charge in [-0.1, -0.05) is 20.8 Å². The van der Waals surface area contributed by atoms with Gasteiger partial charge in [-0.2, -0.15) is 0 Å². The topological polar surface area (TPSA) is 34.1 Å². The Morgan fingerprint density at radius 3 is 2.08 bits per heavy atom. The van der Waals surface area contributed by atoms with Crippen molar-refractivity contribution in [1.29, 1.82) is 0 Å². The van der Waals surface area contributed by atoms with Gasteiger partial charge in [0.25, 0.3) is 0 Å². The number of fused-ring (bicyclic) bond motifs is 2. The molecule has 0 aliphatic heterocycles. The average molecular weight is 166 g/mol. The molecule has 66 valence electrons. The summed E-state index contributed by atoms with van der Waals surface area (Å²) in [4.78, 5) is 23.0. The lowest BCUT2D eigenvalue weighted by Gasteiger charge is -2.31. The summed E-state index contributed by atoms with van der Waals surface area (Å²) in [5.74, 6) is -0.229. The van der Waals surface area contributed by atoms with Crippen molar-refractivity contribution in [3.63, 3.8) is 0 Å². The molecule has 0 aromatic rings. The number of hydrogen-bond donors (Lipinski definition) is 0. The van der Waals surface area contributed by atoms with Gasteiger partial charge in [-0.15, -0.1) is 0 Å². The number of carbonyl (C=O) groups is 2. The van der Waals surface area contributed by atoms with Crippen LogP contribution in [0.2, 0.25) is 0 Å². The lowest BCUT2D eigenvalue weighted by Crippen LogP contribution is -2.33. The van der Waals surface area contributed by atoms with Gasteiger partial charge in [-0.3, -0.25) is 9.59 Å². The van der Waals surface area contributed by atoms with Crippen LogP contribution in [0.5, 0.6) is 0 Å². The van der Waals surface area contributed by atoms with Crippen molar-refractivity contribution in [3.8, 4) is 0 Å². The smallest absolute Gasteiger partial charge is 0.205 e. The van der Waals surface area contributed by atoms with Gasteiger partial charge in [0, 0.05) is 11.3 Å². The Hall–Kier alpha value is -0.660. The molecule has 12 heavy (non-hydrogen) atoms. The number of Topliss-reactive ketones (excluding diaryl/α,β-unsaturated/α-hetero) is 2. The maximum absolute atomic E-state index is 11.6. The van der Waals surface area contributed by atoms with Crippen molar-refractivity contribution in [2.75, 3.05) is 0 Å². The summed E-state index contributed by atoms with van der Waals surface area (Å²) >= 11 is 0. The average Bonchev–Trinajstić information content (AvgIpc) is 2.26. The van der Waals surface area contributed by atoms with Crippen LogP contribution in [0.25, 0.3) is 0 Å². The normalized spacial score (nSPS) is 44.1. The van der Waals surface area contributed by atoms with E-state index in [9.17, 15) is 9.59 Å². The third-order valence-electron chi connectivity index (χ3n) is 4.27. The lowest BCUT2D eigenvalue weighted by molar-refractivity contribution is -0.141.